The lowest BCUT2D eigenvalue weighted by Gasteiger charge is -2.31. The molecule has 4 aromatic rings. The maximum absolute atomic E-state index is 13.9. The Balaban J connectivity index is 1.48. The summed E-state index contributed by atoms with van der Waals surface area (Å²) in [5.41, 5.74) is 3.33. The minimum atomic E-state index is -0.870. The minimum absolute atomic E-state index is 0.0151. The van der Waals surface area contributed by atoms with Crippen LogP contribution < -0.4 is 5.32 Å². The predicted molar refractivity (Wildman–Crippen MR) is 142 cm³/mol. The first kappa shape index (κ1) is 25.7. The van der Waals surface area contributed by atoms with Gasteiger partial charge in [0.05, 0.1) is 24.4 Å². The molecule has 0 spiro atoms. The van der Waals surface area contributed by atoms with Gasteiger partial charge < -0.3 is 19.4 Å². The molecule has 0 radical (unpaired) electrons. The van der Waals surface area contributed by atoms with E-state index in [1.165, 1.54) is 0 Å². The Morgan fingerprint density at radius 2 is 1.87 bits per heavy atom. The molecule has 2 aromatic carbocycles. The summed E-state index contributed by atoms with van der Waals surface area (Å²) in [4.78, 5) is 29.3. The molecule has 2 amide bonds. The lowest BCUT2D eigenvalue weighted by atomic mass is 9.97. The summed E-state index contributed by atoms with van der Waals surface area (Å²) < 4.78 is 12.9. The third-order valence-corrected chi connectivity index (χ3v) is 6.94. The molecule has 0 aliphatic carbocycles. The molecule has 5 rings (SSSR count). The van der Waals surface area contributed by atoms with Crippen LogP contribution in [0.15, 0.2) is 71.3 Å². The standard InChI is InChI=1S/C29H33N5O4/c1-20(2)21-11-13-22(14-12-21)28(29(36)30-17-23-7-5-15-37-23)33(18-24-8-6-16-38-24)27(35)19-34-26-10-4-3-9-25(26)31-32-34/h3-4,6,8-14,16,20,23,28H,5,7,15,17-19H2,1-2H3,(H,30,36)/t23-,28+/m1/s1. The molecule has 3 heterocycles. The summed E-state index contributed by atoms with van der Waals surface area (Å²) in [6.45, 7) is 5.40. The highest BCUT2D eigenvalue weighted by atomic mass is 16.5. The minimum Gasteiger partial charge on any atom is -0.467 e. The number of furan rings is 1. The number of para-hydroxylation sites is 1. The van der Waals surface area contributed by atoms with E-state index in [-0.39, 0.29) is 31.0 Å². The van der Waals surface area contributed by atoms with Crippen molar-refractivity contribution in [3.63, 3.8) is 0 Å². The van der Waals surface area contributed by atoms with E-state index in [0.29, 0.717) is 30.3 Å². The summed E-state index contributed by atoms with van der Waals surface area (Å²) >= 11 is 0. The lowest BCUT2D eigenvalue weighted by molar-refractivity contribution is -0.142. The molecular weight excluding hydrogens is 482 g/mol. The van der Waals surface area contributed by atoms with Crippen molar-refractivity contribution in [2.75, 3.05) is 13.2 Å². The van der Waals surface area contributed by atoms with Gasteiger partial charge in [-0.2, -0.15) is 0 Å². The Morgan fingerprint density at radius 3 is 2.58 bits per heavy atom. The zero-order chi connectivity index (χ0) is 26.5. The number of hydrogen-bond acceptors (Lipinski definition) is 6. The highest BCUT2D eigenvalue weighted by Crippen LogP contribution is 2.27. The fourth-order valence-corrected chi connectivity index (χ4v) is 4.80. The normalized spacial score (nSPS) is 16.1. The van der Waals surface area contributed by atoms with Gasteiger partial charge >= 0.3 is 0 Å². The van der Waals surface area contributed by atoms with E-state index in [4.69, 9.17) is 9.15 Å². The molecule has 1 N–H and O–H groups in total. The van der Waals surface area contributed by atoms with Crippen LogP contribution >= 0.6 is 0 Å². The predicted octanol–water partition coefficient (Wildman–Crippen LogP) is 4.21. The first-order chi connectivity index (χ1) is 18.5. The molecule has 9 heteroatoms. The summed E-state index contributed by atoms with van der Waals surface area (Å²) in [5, 5.41) is 11.4. The summed E-state index contributed by atoms with van der Waals surface area (Å²) in [5.74, 6) is 0.387. The second kappa shape index (κ2) is 11.6. The van der Waals surface area contributed by atoms with Gasteiger partial charge in [-0.3, -0.25) is 9.59 Å². The van der Waals surface area contributed by atoms with Crippen LogP contribution in [0.4, 0.5) is 0 Å². The van der Waals surface area contributed by atoms with Gasteiger partial charge in [0.15, 0.2) is 0 Å². The third-order valence-electron chi connectivity index (χ3n) is 6.94. The number of rotatable bonds is 10. The van der Waals surface area contributed by atoms with Gasteiger partial charge in [0.1, 0.15) is 23.9 Å². The van der Waals surface area contributed by atoms with Crippen LogP contribution in [0.5, 0.6) is 0 Å². The van der Waals surface area contributed by atoms with E-state index in [1.54, 1.807) is 28.0 Å². The summed E-state index contributed by atoms with van der Waals surface area (Å²) in [7, 11) is 0. The number of amides is 2. The van der Waals surface area contributed by atoms with Gasteiger partial charge in [-0.25, -0.2) is 4.68 Å². The fourth-order valence-electron chi connectivity index (χ4n) is 4.80. The molecule has 1 aliphatic heterocycles. The monoisotopic (exact) mass is 515 g/mol. The van der Waals surface area contributed by atoms with E-state index in [0.717, 1.165) is 29.5 Å². The Kier molecular flexibility index (Phi) is 7.83. The number of hydrogen-bond donors (Lipinski definition) is 1. The quantitative estimate of drug-likeness (QED) is 0.339. The Bertz CT molecular complexity index is 1360. The summed E-state index contributed by atoms with van der Waals surface area (Å²) in [6.07, 6.45) is 3.43. The topological polar surface area (TPSA) is 102 Å². The van der Waals surface area contributed by atoms with Crippen LogP contribution in [0.3, 0.4) is 0 Å². The van der Waals surface area contributed by atoms with Crippen LogP contribution in [0.2, 0.25) is 0 Å². The first-order valence-electron chi connectivity index (χ1n) is 13.1. The molecule has 38 heavy (non-hydrogen) atoms. The van der Waals surface area contributed by atoms with Crippen LogP contribution in [0.25, 0.3) is 11.0 Å². The van der Waals surface area contributed by atoms with Crippen molar-refractivity contribution in [2.24, 2.45) is 0 Å². The average Bonchev–Trinajstić information content (AvgIpc) is 3.71. The van der Waals surface area contributed by atoms with E-state index in [9.17, 15) is 9.59 Å². The second-order valence-corrected chi connectivity index (χ2v) is 9.94. The molecule has 2 atom stereocenters. The molecule has 1 saturated heterocycles. The number of ether oxygens (including phenoxy) is 1. The zero-order valence-corrected chi connectivity index (χ0v) is 21.7. The van der Waals surface area contributed by atoms with Crippen molar-refractivity contribution in [1.29, 1.82) is 0 Å². The van der Waals surface area contributed by atoms with Gasteiger partial charge in [-0.1, -0.05) is 55.5 Å². The highest BCUT2D eigenvalue weighted by molar-refractivity contribution is 5.89. The van der Waals surface area contributed by atoms with Crippen molar-refractivity contribution in [1.82, 2.24) is 25.2 Å². The molecule has 9 nitrogen and oxygen atoms in total. The number of carbonyl (C=O) groups excluding carboxylic acids is 2. The van der Waals surface area contributed by atoms with Crippen molar-refractivity contribution in [3.8, 4) is 0 Å². The Morgan fingerprint density at radius 1 is 1.08 bits per heavy atom. The molecule has 0 bridgehead atoms. The number of fused-ring (bicyclic) bond motifs is 1. The maximum atomic E-state index is 13.9. The molecule has 1 aliphatic rings. The molecule has 1 fully saturated rings. The van der Waals surface area contributed by atoms with Gasteiger partial charge in [0.25, 0.3) is 0 Å². The number of aromatic nitrogens is 3. The van der Waals surface area contributed by atoms with Gasteiger partial charge in [-0.15, -0.1) is 5.10 Å². The maximum Gasteiger partial charge on any atom is 0.247 e. The second-order valence-electron chi connectivity index (χ2n) is 9.94. The molecule has 0 unspecified atom stereocenters. The largest absolute Gasteiger partial charge is 0.467 e. The van der Waals surface area contributed by atoms with Crippen LogP contribution in [-0.4, -0.2) is 51.0 Å². The van der Waals surface area contributed by atoms with Crippen molar-refractivity contribution < 1.29 is 18.7 Å². The zero-order valence-electron chi connectivity index (χ0n) is 21.7. The number of nitrogens with zero attached hydrogens (tertiary/aromatic N) is 4. The lowest BCUT2D eigenvalue weighted by Crippen LogP contribution is -2.46. The molecule has 0 saturated carbocycles. The number of carbonyl (C=O) groups is 2. The van der Waals surface area contributed by atoms with E-state index in [2.05, 4.69) is 29.5 Å². The van der Waals surface area contributed by atoms with Crippen LogP contribution in [0.1, 0.15) is 55.5 Å². The molecular formula is C29H33N5O4. The third kappa shape index (κ3) is 5.78. The highest BCUT2D eigenvalue weighted by Gasteiger charge is 2.33. The average molecular weight is 516 g/mol. The Labute approximate surface area is 221 Å². The van der Waals surface area contributed by atoms with Crippen molar-refractivity contribution >= 4 is 22.8 Å². The smallest absolute Gasteiger partial charge is 0.247 e. The van der Waals surface area contributed by atoms with E-state index in [1.807, 2.05) is 48.5 Å². The van der Waals surface area contributed by atoms with Crippen molar-refractivity contribution in [3.05, 3.63) is 83.8 Å². The summed E-state index contributed by atoms with van der Waals surface area (Å²) in [6, 6.07) is 18.1. The SMILES string of the molecule is CC(C)c1ccc([C@@H](C(=O)NC[C@H]2CCCO2)N(Cc2ccco2)C(=O)Cn2nnc3ccccc32)cc1. The number of benzene rings is 2. The van der Waals surface area contributed by atoms with Crippen molar-refractivity contribution in [2.45, 2.75) is 57.8 Å². The van der Waals surface area contributed by atoms with Crippen LogP contribution in [0, 0.1) is 0 Å². The first-order valence-corrected chi connectivity index (χ1v) is 13.1. The van der Waals surface area contributed by atoms with E-state index >= 15 is 0 Å². The van der Waals surface area contributed by atoms with Gasteiger partial charge in [0.2, 0.25) is 11.8 Å². The van der Waals surface area contributed by atoms with Crippen LogP contribution in [-0.2, 0) is 27.4 Å². The van der Waals surface area contributed by atoms with Gasteiger partial charge in [0, 0.05) is 13.2 Å². The Hall–Kier alpha value is -3.98. The van der Waals surface area contributed by atoms with E-state index < -0.39 is 6.04 Å². The number of nitrogens with one attached hydrogen (secondary N) is 1. The molecule has 2 aromatic heterocycles. The molecule has 198 valence electrons. The van der Waals surface area contributed by atoms with Gasteiger partial charge in [-0.05, 0) is 54.2 Å². The fraction of sp³-hybridized carbons (Fsp3) is 0.379.